The maximum absolute atomic E-state index is 10.6. The van der Waals surface area contributed by atoms with Crippen molar-refractivity contribution < 1.29 is 0 Å². The summed E-state index contributed by atoms with van der Waals surface area (Å²) in [7, 11) is 0. The molecule has 3 unspecified atom stereocenters. The maximum Gasteiger partial charge on any atom is 0.0998 e. The number of allylic oxidation sites excluding steroid dienone is 3. The number of fused-ring (bicyclic) bond motifs is 6. The fourth-order valence-electron chi connectivity index (χ4n) is 8.27. The highest BCUT2D eigenvalue weighted by Crippen LogP contribution is 2.48. The maximum atomic E-state index is 10.6. The quantitative estimate of drug-likeness (QED) is 0.177. The van der Waals surface area contributed by atoms with E-state index in [0.717, 1.165) is 67.9 Å². The van der Waals surface area contributed by atoms with E-state index in [-0.39, 0.29) is 17.9 Å². The summed E-state index contributed by atoms with van der Waals surface area (Å²) in [5.41, 5.74) is 12.1. The van der Waals surface area contributed by atoms with Gasteiger partial charge in [-0.05, 0) is 77.6 Å². The van der Waals surface area contributed by atoms with Crippen molar-refractivity contribution in [2.24, 2.45) is 5.92 Å². The lowest BCUT2D eigenvalue weighted by atomic mass is 9.92. The molecule has 0 saturated carbocycles. The minimum atomic E-state index is -0.161. The average molecular weight is 654 g/mol. The summed E-state index contributed by atoms with van der Waals surface area (Å²) >= 11 is 0. The first-order valence-electron chi connectivity index (χ1n) is 17.3. The second-order valence-corrected chi connectivity index (χ2v) is 13.3. The molecule has 5 nitrogen and oxygen atoms in total. The van der Waals surface area contributed by atoms with Gasteiger partial charge in [0.2, 0.25) is 0 Å². The van der Waals surface area contributed by atoms with Crippen LogP contribution in [0.25, 0.3) is 44.9 Å². The topological polar surface area (TPSA) is 79.5 Å². The fourth-order valence-corrected chi connectivity index (χ4v) is 8.27. The van der Waals surface area contributed by atoms with Gasteiger partial charge in [-0.2, -0.15) is 15.8 Å². The van der Waals surface area contributed by atoms with Gasteiger partial charge in [0.1, 0.15) is 0 Å². The molecule has 0 fully saturated rings. The number of aromatic nitrogens is 1. The highest BCUT2D eigenvalue weighted by atomic mass is 15.2. The van der Waals surface area contributed by atoms with E-state index in [1.165, 1.54) is 5.56 Å². The summed E-state index contributed by atoms with van der Waals surface area (Å²) in [4.78, 5) is 2.34. The van der Waals surface area contributed by atoms with Crippen molar-refractivity contribution >= 4 is 28.4 Å². The fraction of sp³-hybridized carbons (Fsp3) is 0.109. The Morgan fingerprint density at radius 1 is 0.647 bits per heavy atom. The molecule has 6 aromatic rings. The number of para-hydroxylation sites is 3. The second-order valence-electron chi connectivity index (χ2n) is 13.3. The van der Waals surface area contributed by atoms with Crippen LogP contribution in [0.1, 0.15) is 40.3 Å². The first-order chi connectivity index (χ1) is 25.2. The van der Waals surface area contributed by atoms with Crippen LogP contribution in [0.15, 0.2) is 140 Å². The van der Waals surface area contributed by atoms with Gasteiger partial charge < -0.3 is 9.47 Å². The molecule has 1 aromatic heterocycles. The second kappa shape index (κ2) is 12.2. The molecule has 5 heteroatoms. The van der Waals surface area contributed by atoms with Gasteiger partial charge in [0.05, 0.1) is 52.5 Å². The van der Waals surface area contributed by atoms with Crippen LogP contribution in [0.5, 0.6) is 0 Å². The van der Waals surface area contributed by atoms with Crippen molar-refractivity contribution in [1.82, 2.24) is 4.57 Å². The van der Waals surface area contributed by atoms with Gasteiger partial charge >= 0.3 is 0 Å². The zero-order valence-electron chi connectivity index (χ0n) is 27.7. The Morgan fingerprint density at radius 3 is 2.25 bits per heavy atom. The van der Waals surface area contributed by atoms with Gasteiger partial charge in [0.15, 0.2) is 0 Å². The number of rotatable bonds is 4. The van der Waals surface area contributed by atoms with Crippen molar-refractivity contribution in [1.29, 1.82) is 15.8 Å². The Hall–Kier alpha value is -6.87. The van der Waals surface area contributed by atoms with Crippen molar-refractivity contribution in [3.05, 3.63) is 168 Å². The van der Waals surface area contributed by atoms with Crippen LogP contribution in [-0.2, 0) is 6.42 Å². The van der Waals surface area contributed by atoms with Crippen LogP contribution in [0.3, 0.4) is 0 Å². The summed E-state index contributed by atoms with van der Waals surface area (Å²) in [6.45, 7) is 0. The Bertz CT molecular complexity index is 2610. The van der Waals surface area contributed by atoms with E-state index in [1.54, 1.807) is 0 Å². The average Bonchev–Trinajstić information content (AvgIpc) is 3.56. The molecule has 1 aliphatic heterocycles. The van der Waals surface area contributed by atoms with Gasteiger partial charge in [-0.15, -0.1) is 0 Å². The molecule has 0 N–H and O–H groups in total. The molecular formula is C46H31N5. The minimum Gasteiger partial charge on any atom is -0.333 e. The van der Waals surface area contributed by atoms with Crippen LogP contribution < -0.4 is 4.90 Å². The molecule has 0 saturated heterocycles. The molecule has 3 aliphatic rings. The smallest absolute Gasteiger partial charge is 0.0998 e. The molecule has 2 heterocycles. The summed E-state index contributed by atoms with van der Waals surface area (Å²) in [5.74, 6) is 0.0882. The summed E-state index contributed by atoms with van der Waals surface area (Å²) in [6, 6.07) is 44.5. The number of anilines is 2. The number of nitrogens with zero attached hydrogens (tertiary/aromatic N) is 5. The molecule has 5 aromatic carbocycles. The Kier molecular flexibility index (Phi) is 7.24. The van der Waals surface area contributed by atoms with Crippen LogP contribution in [0.2, 0.25) is 0 Å². The van der Waals surface area contributed by atoms with E-state index in [2.05, 4.69) is 113 Å². The lowest BCUT2D eigenvalue weighted by Gasteiger charge is -2.28. The van der Waals surface area contributed by atoms with Crippen LogP contribution in [0, 0.1) is 39.9 Å². The molecule has 240 valence electrons. The predicted molar refractivity (Wildman–Crippen MR) is 203 cm³/mol. The van der Waals surface area contributed by atoms with E-state index >= 15 is 0 Å². The van der Waals surface area contributed by atoms with Crippen LogP contribution >= 0.6 is 0 Å². The van der Waals surface area contributed by atoms with Gasteiger partial charge in [-0.1, -0.05) is 103 Å². The SMILES string of the molecule is N#Cc1cc(N2c3ccccc3C3C=CCC=CC32)ccc1-c1ccc(-c2ccccc2-n2c3c(c4ccccc42)CC(C#N)C=C3)c(C#N)c1. The van der Waals surface area contributed by atoms with Crippen LogP contribution in [-0.4, -0.2) is 10.6 Å². The van der Waals surface area contributed by atoms with E-state index in [1.807, 2.05) is 60.7 Å². The lowest BCUT2D eigenvalue weighted by molar-refractivity contribution is 0.755. The molecule has 51 heavy (non-hydrogen) atoms. The van der Waals surface area contributed by atoms with Crippen molar-refractivity contribution in [3.63, 3.8) is 0 Å². The molecular weight excluding hydrogens is 623 g/mol. The molecule has 2 aliphatic carbocycles. The molecule has 0 bridgehead atoms. The largest absolute Gasteiger partial charge is 0.333 e. The third-order valence-electron chi connectivity index (χ3n) is 10.6. The van der Waals surface area contributed by atoms with Gasteiger partial charge in [0.25, 0.3) is 0 Å². The highest BCUT2D eigenvalue weighted by molar-refractivity contribution is 5.93. The van der Waals surface area contributed by atoms with Gasteiger partial charge in [-0.25, -0.2) is 0 Å². The number of hydrogen-bond acceptors (Lipinski definition) is 4. The van der Waals surface area contributed by atoms with Gasteiger partial charge in [0, 0.05) is 39.5 Å². The molecule has 0 spiro atoms. The number of benzene rings is 5. The molecule has 0 radical (unpaired) electrons. The monoisotopic (exact) mass is 653 g/mol. The Balaban J connectivity index is 1.13. The third kappa shape index (κ3) is 4.81. The zero-order valence-corrected chi connectivity index (χ0v) is 27.7. The van der Waals surface area contributed by atoms with E-state index in [9.17, 15) is 15.8 Å². The predicted octanol–water partition coefficient (Wildman–Crippen LogP) is 10.5. The molecule has 0 amide bonds. The number of hydrogen-bond donors (Lipinski definition) is 0. The Labute approximate surface area is 297 Å². The Morgan fingerprint density at radius 2 is 1.39 bits per heavy atom. The highest BCUT2D eigenvalue weighted by Gasteiger charge is 2.37. The van der Waals surface area contributed by atoms with Crippen LogP contribution in [0.4, 0.5) is 11.4 Å². The van der Waals surface area contributed by atoms with E-state index in [4.69, 9.17) is 0 Å². The minimum absolute atomic E-state index is 0.134. The number of nitriles is 3. The van der Waals surface area contributed by atoms with E-state index < -0.39 is 0 Å². The van der Waals surface area contributed by atoms with Gasteiger partial charge in [-0.3, -0.25) is 0 Å². The van der Waals surface area contributed by atoms with Crippen molar-refractivity contribution in [2.75, 3.05) is 4.90 Å². The first kappa shape index (κ1) is 30.2. The zero-order chi connectivity index (χ0) is 34.5. The summed E-state index contributed by atoms with van der Waals surface area (Å²) < 4.78 is 2.26. The normalized spacial score (nSPS) is 18.3. The van der Waals surface area contributed by atoms with Crippen molar-refractivity contribution in [2.45, 2.75) is 24.8 Å². The summed E-state index contributed by atoms with van der Waals surface area (Å²) in [6.07, 6.45) is 14.7. The molecule has 3 atom stereocenters. The van der Waals surface area contributed by atoms with E-state index in [0.29, 0.717) is 17.5 Å². The third-order valence-corrected chi connectivity index (χ3v) is 10.6. The molecule has 9 rings (SSSR count). The lowest BCUT2D eigenvalue weighted by Crippen LogP contribution is -2.27. The summed E-state index contributed by atoms with van der Waals surface area (Å²) in [5, 5.41) is 31.8. The first-order valence-corrected chi connectivity index (χ1v) is 17.3. The van der Waals surface area contributed by atoms with Crippen molar-refractivity contribution in [3.8, 4) is 46.1 Å². The standard InChI is InChI=1S/C46H31N5/c47-27-30-18-23-46-41(24-30)40-13-6-9-17-45(40)51(46)44-16-8-4-11-37(44)36-21-19-31(25-32(36)28-48)35-22-20-34(26-33(35)29-49)50-42-14-3-1-2-10-38(42)39-12-5-7-15-43(39)50/h2-23,25-26,30,38,42H,1,24H2.